The Kier molecular flexibility index (Phi) is 5.41. The molecule has 152 valence electrons. The van der Waals surface area contributed by atoms with E-state index in [-0.39, 0.29) is 17.9 Å². The van der Waals surface area contributed by atoms with Crippen LogP contribution in [-0.4, -0.2) is 41.0 Å². The fourth-order valence-electron chi connectivity index (χ4n) is 3.84. The van der Waals surface area contributed by atoms with E-state index in [9.17, 15) is 4.79 Å². The standard InChI is InChI=1S/C22H26N4O2S/c1-13(2)28-17-8-6-5-7-16(17)25-20-19-15-10-9-14(22(27)26(3)4)11-18(15)29-21(19)24-12-23-20/h5-8,12-14H,9-11H2,1-4H3,(H,23,24,25). The maximum absolute atomic E-state index is 12.4. The maximum Gasteiger partial charge on any atom is 0.225 e. The Bertz CT molecular complexity index is 1040. The van der Waals surface area contributed by atoms with Gasteiger partial charge in [-0.15, -0.1) is 11.3 Å². The normalized spacial score (nSPS) is 16.0. The van der Waals surface area contributed by atoms with E-state index < -0.39 is 0 Å². The fraction of sp³-hybridized carbons (Fsp3) is 0.409. The van der Waals surface area contributed by atoms with E-state index in [1.807, 2.05) is 52.2 Å². The van der Waals surface area contributed by atoms with Crippen molar-refractivity contribution < 1.29 is 9.53 Å². The van der Waals surface area contributed by atoms with E-state index in [0.717, 1.165) is 46.7 Å². The van der Waals surface area contributed by atoms with Crippen molar-refractivity contribution in [1.82, 2.24) is 14.9 Å². The minimum Gasteiger partial charge on any atom is -0.489 e. The molecule has 1 aliphatic rings. The van der Waals surface area contributed by atoms with Gasteiger partial charge in [-0.05, 0) is 50.8 Å². The van der Waals surface area contributed by atoms with Gasteiger partial charge < -0.3 is 15.0 Å². The highest BCUT2D eigenvalue weighted by atomic mass is 32.1. The summed E-state index contributed by atoms with van der Waals surface area (Å²) in [6.45, 7) is 4.03. The second-order valence-electron chi connectivity index (χ2n) is 7.87. The Morgan fingerprint density at radius 2 is 2.07 bits per heavy atom. The lowest BCUT2D eigenvalue weighted by Gasteiger charge is -2.24. The third-order valence-electron chi connectivity index (χ3n) is 5.14. The molecule has 1 aromatic carbocycles. The number of para-hydroxylation sites is 2. The predicted octanol–water partition coefficient (Wildman–Crippen LogP) is 4.42. The summed E-state index contributed by atoms with van der Waals surface area (Å²) in [7, 11) is 3.65. The third-order valence-corrected chi connectivity index (χ3v) is 6.30. The molecule has 0 saturated carbocycles. The minimum absolute atomic E-state index is 0.0510. The van der Waals surface area contributed by atoms with Crippen LogP contribution >= 0.6 is 11.3 Å². The molecular weight excluding hydrogens is 384 g/mol. The summed E-state index contributed by atoms with van der Waals surface area (Å²) < 4.78 is 5.94. The highest BCUT2D eigenvalue weighted by Crippen LogP contribution is 2.41. The van der Waals surface area contributed by atoms with Crippen molar-refractivity contribution in [3.05, 3.63) is 41.0 Å². The van der Waals surface area contributed by atoms with Crippen LogP contribution in [0.25, 0.3) is 10.2 Å². The van der Waals surface area contributed by atoms with E-state index >= 15 is 0 Å². The number of carbonyl (C=O) groups excluding carboxylic acids is 1. The average Bonchev–Trinajstić information content (AvgIpc) is 3.07. The molecule has 7 heteroatoms. The lowest BCUT2D eigenvalue weighted by atomic mass is 9.87. The molecular formula is C22H26N4O2S. The summed E-state index contributed by atoms with van der Waals surface area (Å²) >= 11 is 1.68. The lowest BCUT2D eigenvalue weighted by Crippen LogP contribution is -2.32. The Labute approximate surface area is 174 Å². The van der Waals surface area contributed by atoms with Crippen LogP contribution in [0.4, 0.5) is 11.5 Å². The molecule has 0 bridgehead atoms. The van der Waals surface area contributed by atoms with E-state index in [0.29, 0.717) is 0 Å². The van der Waals surface area contributed by atoms with E-state index in [1.165, 1.54) is 10.4 Å². The van der Waals surface area contributed by atoms with Gasteiger partial charge in [-0.1, -0.05) is 12.1 Å². The number of amides is 1. The number of aromatic nitrogens is 2. The monoisotopic (exact) mass is 410 g/mol. The molecule has 4 rings (SSSR count). The molecule has 1 N–H and O–H groups in total. The van der Waals surface area contributed by atoms with Crippen LogP contribution in [0, 0.1) is 5.92 Å². The van der Waals surface area contributed by atoms with Gasteiger partial charge in [0.1, 0.15) is 22.7 Å². The minimum atomic E-state index is 0.0510. The second-order valence-corrected chi connectivity index (χ2v) is 8.95. The summed E-state index contributed by atoms with van der Waals surface area (Å²) in [5, 5.41) is 4.54. The number of hydrogen-bond donors (Lipinski definition) is 1. The number of nitrogens with zero attached hydrogens (tertiary/aromatic N) is 3. The van der Waals surface area contributed by atoms with Gasteiger partial charge in [-0.25, -0.2) is 9.97 Å². The Morgan fingerprint density at radius 3 is 2.83 bits per heavy atom. The molecule has 6 nitrogen and oxygen atoms in total. The molecule has 1 unspecified atom stereocenters. The topological polar surface area (TPSA) is 67.3 Å². The van der Waals surface area contributed by atoms with Crippen LogP contribution in [0.2, 0.25) is 0 Å². The Morgan fingerprint density at radius 1 is 1.28 bits per heavy atom. The van der Waals surface area contributed by atoms with Crippen LogP contribution < -0.4 is 10.1 Å². The number of ether oxygens (including phenoxy) is 1. The number of rotatable bonds is 5. The van der Waals surface area contributed by atoms with Crippen molar-refractivity contribution >= 4 is 39.0 Å². The first kappa shape index (κ1) is 19.6. The van der Waals surface area contributed by atoms with E-state index in [1.54, 1.807) is 22.6 Å². The average molecular weight is 411 g/mol. The van der Waals surface area contributed by atoms with Crippen LogP contribution in [0.3, 0.4) is 0 Å². The molecule has 1 amide bonds. The Hall–Kier alpha value is -2.67. The molecule has 3 aromatic rings. The summed E-state index contributed by atoms with van der Waals surface area (Å²) in [5.74, 6) is 1.85. The summed E-state index contributed by atoms with van der Waals surface area (Å²) in [4.78, 5) is 25.4. The molecule has 0 radical (unpaired) electrons. The molecule has 0 aliphatic heterocycles. The van der Waals surface area contributed by atoms with E-state index in [2.05, 4.69) is 15.3 Å². The predicted molar refractivity (Wildman–Crippen MR) is 117 cm³/mol. The Balaban J connectivity index is 1.69. The van der Waals surface area contributed by atoms with Crippen molar-refractivity contribution in [1.29, 1.82) is 0 Å². The van der Waals surface area contributed by atoms with Gasteiger partial charge in [0.05, 0.1) is 17.2 Å². The quantitative estimate of drug-likeness (QED) is 0.675. The number of aryl methyl sites for hydroxylation is 1. The van der Waals surface area contributed by atoms with Gasteiger partial charge in [0, 0.05) is 24.9 Å². The van der Waals surface area contributed by atoms with Crippen LogP contribution in [0.1, 0.15) is 30.7 Å². The number of nitrogens with one attached hydrogen (secondary N) is 1. The van der Waals surface area contributed by atoms with Crippen molar-refractivity contribution in [2.45, 2.75) is 39.2 Å². The van der Waals surface area contributed by atoms with Crippen molar-refractivity contribution in [3.8, 4) is 5.75 Å². The second kappa shape index (κ2) is 7.99. The van der Waals surface area contributed by atoms with Gasteiger partial charge in [0.2, 0.25) is 5.91 Å². The number of thiophene rings is 1. The highest BCUT2D eigenvalue weighted by Gasteiger charge is 2.30. The summed E-state index contributed by atoms with van der Waals surface area (Å²) in [6.07, 6.45) is 4.19. The number of fused-ring (bicyclic) bond motifs is 3. The van der Waals surface area contributed by atoms with Gasteiger partial charge in [0.15, 0.2) is 0 Å². The molecule has 1 atom stereocenters. The SMILES string of the molecule is CC(C)Oc1ccccc1Nc1ncnc2sc3c(c12)CCC(C(=O)N(C)C)C3. The van der Waals surface area contributed by atoms with Crippen molar-refractivity contribution in [2.24, 2.45) is 5.92 Å². The lowest BCUT2D eigenvalue weighted by molar-refractivity contribution is -0.133. The van der Waals surface area contributed by atoms with Gasteiger partial charge >= 0.3 is 0 Å². The molecule has 1 aliphatic carbocycles. The van der Waals surface area contributed by atoms with Crippen LogP contribution in [0.15, 0.2) is 30.6 Å². The van der Waals surface area contributed by atoms with Gasteiger partial charge in [-0.3, -0.25) is 4.79 Å². The zero-order valence-corrected chi connectivity index (χ0v) is 18.0. The van der Waals surface area contributed by atoms with Gasteiger partial charge in [-0.2, -0.15) is 0 Å². The summed E-state index contributed by atoms with van der Waals surface area (Å²) in [5.41, 5.74) is 2.16. The molecule has 0 saturated heterocycles. The first-order valence-electron chi connectivity index (χ1n) is 9.93. The van der Waals surface area contributed by atoms with Crippen LogP contribution in [-0.2, 0) is 17.6 Å². The molecule has 2 aromatic heterocycles. The highest BCUT2D eigenvalue weighted by molar-refractivity contribution is 7.19. The number of hydrogen-bond acceptors (Lipinski definition) is 6. The zero-order valence-electron chi connectivity index (χ0n) is 17.2. The summed E-state index contributed by atoms with van der Waals surface area (Å²) in [6, 6.07) is 7.90. The zero-order chi connectivity index (χ0) is 20.5. The molecule has 0 fully saturated rings. The number of benzene rings is 1. The third kappa shape index (κ3) is 3.92. The smallest absolute Gasteiger partial charge is 0.225 e. The number of carbonyl (C=O) groups is 1. The largest absolute Gasteiger partial charge is 0.489 e. The molecule has 0 spiro atoms. The first-order valence-corrected chi connectivity index (χ1v) is 10.7. The van der Waals surface area contributed by atoms with Crippen molar-refractivity contribution in [2.75, 3.05) is 19.4 Å². The first-order chi connectivity index (χ1) is 13.9. The van der Waals surface area contributed by atoms with Crippen LogP contribution in [0.5, 0.6) is 5.75 Å². The molecule has 2 heterocycles. The fourth-order valence-corrected chi connectivity index (χ4v) is 5.10. The van der Waals surface area contributed by atoms with Crippen molar-refractivity contribution in [3.63, 3.8) is 0 Å². The number of anilines is 2. The van der Waals surface area contributed by atoms with Gasteiger partial charge in [0.25, 0.3) is 0 Å². The molecule has 29 heavy (non-hydrogen) atoms. The maximum atomic E-state index is 12.4. The van der Waals surface area contributed by atoms with E-state index in [4.69, 9.17) is 4.74 Å².